The average Bonchev–Trinajstić information content (AvgIpc) is 4.13. The zero-order valence-electron chi connectivity index (χ0n) is 44.9. The number of hydrogen-bond donors (Lipinski definition) is 2. The molecule has 6 fully saturated rings. The lowest BCUT2D eigenvalue weighted by molar-refractivity contribution is -0.0317. The normalized spacial score (nSPS) is 28.8. The lowest BCUT2D eigenvalue weighted by Gasteiger charge is -2.38. The van der Waals surface area contributed by atoms with Crippen molar-refractivity contribution >= 4 is 0 Å². The summed E-state index contributed by atoms with van der Waals surface area (Å²) in [5, 5.41) is 19.6. The van der Waals surface area contributed by atoms with Gasteiger partial charge in [0.15, 0.2) is 0 Å². The van der Waals surface area contributed by atoms with Crippen molar-refractivity contribution in [2.75, 3.05) is 66.2 Å². The Hall–Kier alpha value is -2.86. The zero-order valence-corrected chi connectivity index (χ0v) is 44.9. The second kappa shape index (κ2) is 28.0. The van der Waals surface area contributed by atoms with Gasteiger partial charge in [-0.3, -0.25) is 14.7 Å². The molecule has 3 aliphatic heterocycles. The van der Waals surface area contributed by atoms with Crippen LogP contribution in [0.1, 0.15) is 148 Å². The molecule has 9 nitrogen and oxygen atoms in total. The van der Waals surface area contributed by atoms with E-state index < -0.39 is 0 Å². The number of methoxy groups -OCH3 is 1. The molecule has 2 N–H and O–H groups in total. The molecule has 0 aromatic heterocycles. The van der Waals surface area contributed by atoms with E-state index in [4.69, 9.17) is 18.9 Å². The summed E-state index contributed by atoms with van der Waals surface area (Å²) in [6.45, 7) is 21.8. The van der Waals surface area contributed by atoms with Gasteiger partial charge in [0, 0.05) is 50.8 Å². The van der Waals surface area contributed by atoms with Crippen molar-refractivity contribution in [2.24, 2.45) is 5.92 Å². The van der Waals surface area contributed by atoms with Crippen molar-refractivity contribution in [1.82, 2.24) is 14.7 Å². The van der Waals surface area contributed by atoms with Crippen LogP contribution in [0, 0.1) is 40.5 Å². The number of benzene rings is 3. The lowest BCUT2D eigenvalue weighted by Crippen LogP contribution is -2.46. The van der Waals surface area contributed by atoms with Crippen molar-refractivity contribution in [3.63, 3.8) is 0 Å². The predicted molar refractivity (Wildman–Crippen MR) is 286 cm³/mol. The summed E-state index contributed by atoms with van der Waals surface area (Å²) >= 11 is 0. The van der Waals surface area contributed by atoms with Crippen molar-refractivity contribution < 1.29 is 29.2 Å². The van der Waals surface area contributed by atoms with Gasteiger partial charge in [-0.1, -0.05) is 94.0 Å². The van der Waals surface area contributed by atoms with Crippen LogP contribution in [-0.4, -0.2) is 140 Å². The van der Waals surface area contributed by atoms with Crippen LogP contribution >= 0.6 is 0 Å². The Balaban J connectivity index is 0.000000155. The number of aliphatic hydroxyl groups excluding tert-OH is 2. The SMILES string of the molecule is COc1cc(CCO[C@@H]2CCCC[C@H]2N2CC[C@@H](C)C2)ccc1C.Cc1ccc(CCO[C@@H]2CCCC[C@H]2N2CC[C@@H](O)C2)cc1C.Cc1ccc(CCO[C@@H]2CCCC[C@H]2N2CC[C@@H](O)C2)cc1C. The third kappa shape index (κ3) is 16.3. The standard InChI is InChI=1S/C21H33NO2.2C20H31NO2/c1-16-10-12-22(15-16)19-6-4-5-7-20(19)24-13-11-18-9-8-17(2)21(14-18)23-3;2*1-15-7-8-17(13-16(15)2)10-12-23-20-6-4-3-5-19(20)21-11-9-18(22)14-21/h8-9,14,16,19-20H,4-7,10-13,15H2,1-3H3;2*7-8,13,18-20,22H,3-6,9-12,14H2,1-2H3/t16-,19-,20-;2*18-,19-,20-/m111/s1. The minimum atomic E-state index is -0.131. The maximum absolute atomic E-state index is 9.81. The average molecular weight is 966 g/mol. The highest BCUT2D eigenvalue weighted by molar-refractivity contribution is 5.36. The number of hydrogen-bond acceptors (Lipinski definition) is 9. The summed E-state index contributed by atoms with van der Waals surface area (Å²) < 4.78 is 24.4. The number of nitrogens with zero attached hydrogens (tertiary/aromatic N) is 3. The highest BCUT2D eigenvalue weighted by Crippen LogP contribution is 2.32. The molecule has 6 aliphatic rings. The molecule has 3 heterocycles. The van der Waals surface area contributed by atoms with E-state index in [-0.39, 0.29) is 12.2 Å². The van der Waals surface area contributed by atoms with E-state index in [9.17, 15) is 10.2 Å². The molecule has 3 aromatic carbocycles. The van der Waals surface area contributed by atoms with Crippen LogP contribution in [0.4, 0.5) is 0 Å². The highest BCUT2D eigenvalue weighted by Gasteiger charge is 2.37. The summed E-state index contributed by atoms with van der Waals surface area (Å²) in [5.41, 5.74) is 10.7. The van der Waals surface area contributed by atoms with Gasteiger partial charge in [-0.15, -0.1) is 0 Å². The fourth-order valence-electron chi connectivity index (χ4n) is 12.4. The summed E-state index contributed by atoms with van der Waals surface area (Å²) in [6, 6.07) is 21.6. The molecular formula is C61H95N3O6. The molecule has 3 saturated carbocycles. The number of aliphatic hydroxyl groups is 2. The summed E-state index contributed by atoms with van der Waals surface area (Å²) in [5.74, 6) is 1.83. The van der Waals surface area contributed by atoms with Crippen LogP contribution in [0.3, 0.4) is 0 Å². The first-order valence-corrected chi connectivity index (χ1v) is 28.1. The van der Waals surface area contributed by atoms with Gasteiger partial charge in [0.2, 0.25) is 0 Å². The summed E-state index contributed by atoms with van der Waals surface area (Å²) in [4.78, 5) is 7.62. The Labute approximate surface area is 425 Å². The zero-order chi connectivity index (χ0) is 49.4. The Bertz CT molecular complexity index is 1920. The maximum atomic E-state index is 9.81. The summed E-state index contributed by atoms with van der Waals surface area (Å²) in [6.07, 6.45) is 22.2. The maximum Gasteiger partial charge on any atom is 0.122 e. The Kier molecular flexibility index (Phi) is 22.0. The van der Waals surface area contributed by atoms with Gasteiger partial charge < -0.3 is 29.2 Å². The highest BCUT2D eigenvalue weighted by atomic mass is 16.5. The molecule has 3 aromatic rings. The topological polar surface area (TPSA) is 87.1 Å². The van der Waals surface area contributed by atoms with Crippen LogP contribution < -0.4 is 4.74 Å². The molecule has 9 heteroatoms. The smallest absolute Gasteiger partial charge is 0.122 e. The molecule has 9 rings (SSSR count). The number of ether oxygens (including phenoxy) is 4. The predicted octanol–water partition coefficient (Wildman–Crippen LogP) is 10.7. The second-order valence-corrected chi connectivity index (χ2v) is 22.4. The van der Waals surface area contributed by atoms with Crippen LogP contribution in [0.15, 0.2) is 54.6 Å². The fourth-order valence-corrected chi connectivity index (χ4v) is 12.4. The van der Waals surface area contributed by atoms with E-state index in [2.05, 4.69) is 111 Å². The molecule has 0 amide bonds. The quantitative estimate of drug-likeness (QED) is 0.146. The molecule has 9 atom stereocenters. The largest absolute Gasteiger partial charge is 0.496 e. The lowest BCUT2D eigenvalue weighted by atomic mass is 9.91. The molecule has 390 valence electrons. The first-order chi connectivity index (χ1) is 33.9. The van der Waals surface area contributed by atoms with Crippen LogP contribution in [0.5, 0.6) is 5.75 Å². The fraction of sp³-hybridized carbons (Fsp3) is 0.705. The van der Waals surface area contributed by atoms with Crippen molar-refractivity contribution in [3.05, 3.63) is 99.1 Å². The van der Waals surface area contributed by atoms with Gasteiger partial charge in [0.05, 0.1) is 57.5 Å². The van der Waals surface area contributed by atoms with Gasteiger partial charge in [0.1, 0.15) is 5.75 Å². The number of rotatable bonds is 16. The van der Waals surface area contributed by atoms with Crippen LogP contribution in [0.25, 0.3) is 0 Å². The van der Waals surface area contributed by atoms with Gasteiger partial charge in [-0.25, -0.2) is 0 Å². The van der Waals surface area contributed by atoms with Crippen molar-refractivity contribution in [1.29, 1.82) is 0 Å². The minimum Gasteiger partial charge on any atom is -0.496 e. The third-order valence-electron chi connectivity index (χ3n) is 17.0. The second-order valence-electron chi connectivity index (χ2n) is 22.4. The van der Waals surface area contributed by atoms with Gasteiger partial charge in [-0.2, -0.15) is 0 Å². The molecule has 0 spiro atoms. The van der Waals surface area contributed by atoms with Gasteiger partial charge in [0.25, 0.3) is 0 Å². The molecular weight excluding hydrogens is 871 g/mol. The Morgan fingerprint density at radius 2 is 0.814 bits per heavy atom. The van der Waals surface area contributed by atoms with Crippen LogP contribution in [0.2, 0.25) is 0 Å². The Morgan fingerprint density at radius 3 is 1.17 bits per heavy atom. The number of β-amino-alcohol motifs (C(OH)–C–C–N with tert-alkyl or cyclic N) is 2. The first-order valence-electron chi connectivity index (χ1n) is 28.1. The van der Waals surface area contributed by atoms with E-state index in [0.29, 0.717) is 36.4 Å². The monoisotopic (exact) mass is 966 g/mol. The molecule has 70 heavy (non-hydrogen) atoms. The number of aryl methyl sites for hydroxylation is 5. The van der Waals surface area contributed by atoms with Crippen molar-refractivity contribution in [3.8, 4) is 5.75 Å². The van der Waals surface area contributed by atoms with Gasteiger partial charge in [-0.05, 0) is 175 Å². The van der Waals surface area contributed by atoms with E-state index in [0.717, 1.165) is 89.8 Å². The van der Waals surface area contributed by atoms with E-state index in [1.165, 1.54) is 141 Å². The molecule has 0 radical (unpaired) electrons. The van der Waals surface area contributed by atoms with E-state index in [1.54, 1.807) is 7.11 Å². The first kappa shape index (κ1) is 54.9. The van der Waals surface area contributed by atoms with Gasteiger partial charge >= 0.3 is 0 Å². The van der Waals surface area contributed by atoms with E-state index in [1.807, 2.05) is 0 Å². The van der Waals surface area contributed by atoms with Crippen molar-refractivity contribution in [2.45, 2.75) is 206 Å². The molecule has 3 aliphatic carbocycles. The van der Waals surface area contributed by atoms with E-state index >= 15 is 0 Å². The molecule has 0 unspecified atom stereocenters. The Morgan fingerprint density at radius 1 is 0.443 bits per heavy atom. The van der Waals surface area contributed by atoms with Crippen LogP contribution in [-0.2, 0) is 33.5 Å². The minimum absolute atomic E-state index is 0.131. The summed E-state index contributed by atoms with van der Waals surface area (Å²) in [7, 11) is 1.74. The third-order valence-corrected chi connectivity index (χ3v) is 17.0. The molecule has 3 saturated heterocycles. The molecule has 0 bridgehead atoms. The number of likely N-dealkylation sites (tertiary alicyclic amines) is 3.